The lowest BCUT2D eigenvalue weighted by Gasteiger charge is -2.35. The Morgan fingerprint density at radius 1 is 1.10 bits per heavy atom. The summed E-state index contributed by atoms with van der Waals surface area (Å²) in [5, 5.41) is 13.9. The summed E-state index contributed by atoms with van der Waals surface area (Å²) in [5.41, 5.74) is 0.378. The van der Waals surface area contributed by atoms with Crippen molar-refractivity contribution in [1.29, 1.82) is 0 Å². The molecular weight excluding hydrogens is 403 g/mol. The maximum absolute atomic E-state index is 13.2. The summed E-state index contributed by atoms with van der Waals surface area (Å²) in [7, 11) is 0. The second-order valence-electron chi connectivity index (χ2n) is 6.42. The molecule has 1 aliphatic heterocycles. The van der Waals surface area contributed by atoms with E-state index in [1.807, 2.05) is 0 Å². The molecule has 10 heteroatoms. The maximum atomic E-state index is 13.2. The zero-order chi connectivity index (χ0) is 21.0. The fourth-order valence-electron chi connectivity index (χ4n) is 3.06. The van der Waals surface area contributed by atoms with Crippen LogP contribution in [0.25, 0.3) is 0 Å². The molecule has 1 saturated heterocycles. The molecule has 29 heavy (non-hydrogen) atoms. The molecule has 1 fully saturated rings. The molecule has 0 atom stereocenters. The number of piperazine rings is 1. The van der Waals surface area contributed by atoms with Crippen molar-refractivity contribution in [3.63, 3.8) is 0 Å². The first-order valence-electron chi connectivity index (χ1n) is 8.86. The Labute approximate surface area is 171 Å². The molecule has 152 valence electrons. The molecule has 1 heterocycles. The number of benzene rings is 2. The molecule has 1 N–H and O–H groups in total. The summed E-state index contributed by atoms with van der Waals surface area (Å²) < 4.78 is 13.2. The number of nitrogens with zero attached hydrogens (tertiary/aromatic N) is 3. The van der Waals surface area contributed by atoms with E-state index in [1.165, 1.54) is 24.3 Å². The molecule has 1 aliphatic rings. The highest BCUT2D eigenvalue weighted by Crippen LogP contribution is 2.23. The number of hydrogen-bond acceptors (Lipinski definition) is 5. The zero-order valence-corrected chi connectivity index (χ0v) is 16.1. The summed E-state index contributed by atoms with van der Waals surface area (Å²) in [6.45, 7) is 1.17. The van der Waals surface area contributed by atoms with Crippen molar-refractivity contribution in [2.45, 2.75) is 0 Å². The topological polar surface area (TPSA) is 95.8 Å². The maximum Gasteiger partial charge on any atom is 0.292 e. The average Bonchev–Trinajstić information content (AvgIpc) is 2.72. The van der Waals surface area contributed by atoms with Gasteiger partial charge < -0.3 is 15.1 Å². The van der Waals surface area contributed by atoms with E-state index in [9.17, 15) is 24.1 Å². The van der Waals surface area contributed by atoms with Crippen LogP contribution < -0.4 is 5.32 Å². The number of nitrogens with one attached hydrogen (secondary N) is 1. The van der Waals surface area contributed by atoms with Crippen LogP contribution in [0.15, 0.2) is 42.5 Å². The summed E-state index contributed by atoms with van der Waals surface area (Å²) in [5.74, 6) is -1.07. The quantitative estimate of drug-likeness (QED) is 0.592. The third kappa shape index (κ3) is 4.80. The van der Waals surface area contributed by atoms with Crippen LogP contribution in [0.3, 0.4) is 0 Å². The molecule has 0 spiro atoms. The molecule has 0 aliphatic carbocycles. The summed E-state index contributed by atoms with van der Waals surface area (Å²) in [4.78, 5) is 38.6. The third-order valence-corrected chi connectivity index (χ3v) is 4.92. The molecule has 0 aromatic heterocycles. The van der Waals surface area contributed by atoms with Gasteiger partial charge in [0, 0.05) is 32.2 Å². The predicted molar refractivity (Wildman–Crippen MR) is 105 cm³/mol. The van der Waals surface area contributed by atoms with Gasteiger partial charge in [0.05, 0.1) is 22.1 Å². The Balaban J connectivity index is 1.54. The summed E-state index contributed by atoms with van der Waals surface area (Å²) >= 11 is 5.95. The monoisotopic (exact) mass is 420 g/mol. The van der Waals surface area contributed by atoms with Gasteiger partial charge in [-0.1, -0.05) is 23.7 Å². The minimum Gasteiger partial charge on any atom is -0.371 e. The molecule has 2 amide bonds. The molecule has 8 nitrogen and oxygen atoms in total. The minimum atomic E-state index is -0.520. The van der Waals surface area contributed by atoms with Gasteiger partial charge in [-0.05, 0) is 24.3 Å². The van der Waals surface area contributed by atoms with E-state index in [2.05, 4.69) is 5.32 Å². The number of nitro groups is 1. The fraction of sp³-hybridized carbons (Fsp3) is 0.263. The Kier molecular flexibility index (Phi) is 6.28. The van der Waals surface area contributed by atoms with Crippen LogP contribution in [0, 0.1) is 15.9 Å². The van der Waals surface area contributed by atoms with Crippen LogP contribution in [0.1, 0.15) is 10.4 Å². The van der Waals surface area contributed by atoms with Crippen LogP contribution in [0.5, 0.6) is 0 Å². The van der Waals surface area contributed by atoms with Gasteiger partial charge in [-0.15, -0.1) is 0 Å². The first-order chi connectivity index (χ1) is 13.9. The van der Waals surface area contributed by atoms with Crippen molar-refractivity contribution in [2.24, 2.45) is 0 Å². The van der Waals surface area contributed by atoms with Crippen molar-refractivity contribution < 1.29 is 18.9 Å². The fourth-order valence-corrected chi connectivity index (χ4v) is 3.31. The van der Waals surface area contributed by atoms with E-state index in [-0.39, 0.29) is 40.3 Å². The number of para-hydroxylation sites is 2. The smallest absolute Gasteiger partial charge is 0.292 e. The minimum absolute atomic E-state index is 0.0437. The molecule has 2 aromatic carbocycles. The highest BCUT2D eigenvalue weighted by molar-refractivity contribution is 6.33. The first kappa shape index (κ1) is 20.5. The Bertz CT molecular complexity index is 948. The predicted octanol–water partition coefficient (Wildman–Crippen LogP) is 2.78. The van der Waals surface area contributed by atoms with E-state index >= 15 is 0 Å². The van der Waals surface area contributed by atoms with Gasteiger partial charge in [0.15, 0.2) is 0 Å². The van der Waals surface area contributed by atoms with E-state index in [1.54, 1.807) is 21.9 Å². The van der Waals surface area contributed by atoms with E-state index in [4.69, 9.17) is 11.6 Å². The normalized spacial score (nSPS) is 13.9. The number of amides is 2. The highest BCUT2D eigenvalue weighted by atomic mass is 35.5. The van der Waals surface area contributed by atoms with Crippen LogP contribution in [0.4, 0.5) is 15.8 Å². The Morgan fingerprint density at radius 2 is 1.76 bits per heavy atom. The van der Waals surface area contributed by atoms with Gasteiger partial charge >= 0.3 is 0 Å². The second kappa shape index (κ2) is 8.87. The Hall–Kier alpha value is -3.20. The highest BCUT2D eigenvalue weighted by Gasteiger charge is 2.26. The van der Waals surface area contributed by atoms with Gasteiger partial charge in [0.25, 0.3) is 11.6 Å². The van der Waals surface area contributed by atoms with Crippen molar-refractivity contribution in [3.05, 3.63) is 69.0 Å². The van der Waals surface area contributed by atoms with Gasteiger partial charge in [-0.3, -0.25) is 19.7 Å². The largest absolute Gasteiger partial charge is 0.371 e. The van der Waals surface area contributed by atoms with Crippen molar-refractivity contribution >= 4 is 34.8 Å². The van der Waals surface area contributed by atoms with Crippen molar-refractivity contribution in [1.82, 2.24) is 9.80 Å². The van der Waals surface area contributed by atoms with Crippen molar-refractivity contribution in [2.75, 3.05) is 38.0 Å². The van der Waals surface area contributed by atoms with Crippen molar-refractivity contribution in [3.8, 4) is 0 Å². The lowest BCUT2D eigenvalue weighted by molar-refractivity contribution is -0.383. The first-order valence-corrected chi connectivity index (χ1v) is 9.24. The van der Waals surface area contributed by atoms with Crippen LogP contribution >= 0.6 is 11.6 Å². The zero-order valence-electron chi connectivity index (χ0n) is 15.3. The van der Waals surface area contributed by atoms with Gasteiger partial charge in [0.2, 0.25) is 5.91 Å². The lowest BCUT2D eigenvalue weighted by atomic mass is 10.1. The van der Waals surface area contributed by atoms with E-state index < -0.39 is 10.7 Å². The van der Waals surface area contributed by atoms with Crippen LogP contribution in [-0.2, 0) is 4.79 Å². The number of rotatable bonds is 5. The molecule has 0 unspecified atom stereocenters. The number of anilines is 1. The number of carbonyl (C=O) groups excluding carboxylic acids is 2. The number of halogens is 2. The lowest BCUT2D eigenvalue weighted by Crippen LogP contribution is -2.51. The van der Waals surface area contributed by atoms with Gasteiger partial charge in [-0.2, -0.15) is 0 Å². The van der Waals surface area contributed by atoms with Gasteiger partial charge in [-0.25, -0.2) is 4.39 Å². The molecule has 0 bridgehead atoms. The van der Waals surface area contributed by atoms with Crippen LogP contribution in [-0.4, -0.2) is 59.3 Å². The molecule has 0 radical (unpaired) electrons. The standard InChI is InChI=1S/C19H18ClFN4O4/c20-15-11-13(21)5-6-14(15)19(27)24-9-7-23(8-10-24)18(26)12-22-16-3-1-2-4-17(16)25(28)29/h1-6,11,22H,7-10,12H2. The van der Waals surface area contributed by atoms with Crippen LogP contribution in [0.2, 0.25) is 5.02 Å². The number of carbonyl (C=O) groups is 2. The molecular formula is C19H18ClFN4O4. The van der Waals surface area contributed by atoms with Gasteiger partial charge in [0.1, 0.15) is 11.5 Å². The molecule has 2 aromatic rings. The van der Waals surface area contributed by atoms with E-state index in [0.29, 0.717) is 26.2 Å². The second-order valence-corrected chi connectivity index (χ2v) is 6.83. The summed E-state index contributed by atoms with van der Waals surface area (Å²) in [6.07, 6.45) is 0. The molecule has 0 saturated carbocycles. The molecule has 3 rings (SSSR count). The Morgan fingerprint density at radius 3 is 2.41 bits per heavy atom. The third-order valence-electron chi connectivity index (χ3n) is 4.61. The van der Waals surface area contributed by atoms with E-state index in [0.717, 1.165) is 6.07 Å². The SMILES string of the molecule is O=C(CNc1ccccc1[N+](=O)[O-])N1CCN(C(=O)c2ccc(F)cc2Cl)CC1. The number of nitro benzene ring substituents is 1. The summed E-state index contributed by atoms with van der Waals surface area (Å²) in [6, 6.07) is 9.69. The number of hydrogen-bond donors (Lipinski definition) is 1. The average molecular weight is 421 g/mol.